The standard InChI is InChI=1S/C22H25N5O2/c1-15(19-25-20(27-26-19)16-6-5-13-23-14-16)24-21(28)22(11-3-4-12-22)17-7-9-18(29-2)10-8-17/h5-10,13-15H,3-4,11-12H2,1-2H3,(H,24,28)(H,25,26,27)/t15-/m1/s1. The lowest BCUT2D eigenvalue weighted by Gasteiger charge is -2.29. The summed E-state index contributed by atoms with van der Waals surface area (Å²) in [5.41, 5.74) is 1.36. The van der Waals surface area contributed by atoms with Crippen molar-refractivity contribution in [2.24, 2.45) is 0 Å². The zero-order valence-electron chi connectivity index (χ0n) is 16.7. The highest BCUT2D eigenvalue weighted by molar-refractivity contribution is 5.89. The molecule has 0 saturated heterocycles. The van der Waals surface area contributed by atoms with Crippen molar-refractivity contribution in [2.75, 3.05) is 7.11 Å². The second-order valence-electron chi connectivity index (χ2n) is 7.50. The summed E-state index contributed by atoms with van der Waals surface area (Å²) in [6.07, 6.45) is 7.19. The molecule has 0 radical (unpaired) electrons. The van der Waals surface area contributed by atoms with Gasteiger partial charge in [0.05, 0.1) is 18.6 Å². The molecule has 3 aromatic rings. The Hall–Kier alpha value is -3.22. The number of aromatic amines is 1. The van der Waals surface area contributed by atoms with Crippen molar-refractivity contribution in [3.63, 3.8) is 0 Å². The third-order valence-electron chi connectivity index (χ3n) is 5.71. The molecule has 1 fully saturated rings. The molecule has 1 aromatic carbocycles. The van der Waals surface area contributed by atoms with E-state index in [1.54, 1.807) is 19.5 Å². The Labute approximate surface area is 169 Å². The first-order valence-corrected chi connectivity index (χ1v) is 9.90. The number of hydrogen-bond donors (Lipinski definition) is 2. The van der Waals surface area contributed by atoms with Crippen molar-refractivity contribution in [1.82, 2.24) is 25.5 Å². The van der Waals surface area contributed by atoms with Crippen molar-refractivity contribution < 1.29 is 9.53 Å². The van der Waals surface area contributed by atoms with E-state index in [9.17, 15) is 4.79 Å². The maximum atomic E-state index is 13.4. The smallest absolute Gasteiger partial charge is 0.231 e. The highest BCUT2D eigenvalue weighted by Gasteiger charge is 2.43. The first-order chi connectivity index (χ1) is 14.1. The first-order valence-electron chi connectivity index (χ1n) is 9.90. The summed E-state index contributed by atoms with van der Waals surface area (Å²) in [4.78, 5) is 22.0. The normalized spacial score (nSPS) is 16.3. The van der Waals surface area contributed by atoms with Crippen LogP contribution in [-0.4, -0.2) is 33.2 Å². The van der Waals surface area contributed by atoms with Crippen LogP contribution in [0.5, 0.6) is 5.75 Å². The van der Waals surface area contributed by atoms with Gasteiger partial charge in [-0.2, -0.15) is 5.10 Å². The topological polar surface area (TPSA) is 92.8 Å². The Morgan fingerprint density at radius 1 is 1.21 bits per heavy atom. The van der Waals surface area contributed by atoms with Crippen LogP contribution in [0.2, 0.25) is 0 Å². The quantitative estimate of drug-likeness (QED) is 0.670. The van der Waals surface area contributed by atoms with Gasteiger partial charge in [0.25, 0.3) is 0 Å². The largest absolute Gasteiger partial charge is 0.497 e. The van der Waals surface area contributed by atoms with Crippen molar-refractivity contribution in [3.05, 3.63) is 60.2 Å². The molecule has 4 rings (SSSR count). The van der Waals surface area contributed by atoms with E-state index in [2.05, 4.69) is 25.5 Å². The Morgan fingerprint density at radius 3 is 2.62 bits per heavy atom. The van der Waals surface area contributed by atoms with Gasteiger partial charge in [-0.15, -0.1) is 0 Å². The predicted octanol–water partition coefficient (Wildman–Crippen LogP) is 3.56. The summed E-state index contributed by atoms with van der Waals surface area (Å²) < 4.78 is 5.26. The van der Waals surface area contributed by atoms with Gasteiger partial charge in [-0.1, -0.05) is 25.0 Å². The van der Waals surface area contributed by atoms with E-state index in [1.165, 1.54) is 0 Å². The zero-order valence-corrected chi connectivity index (χ0v) is 16.7. The van der Waals surface area contributed by atoms with Crippen LogP contribution in [0.25, 0.3) is 11.4 Å². The first kappa shape index (κ1) is 19.1. The number of ether oxygens (including phenoxy) is 1. The van der Waals surface area contributed by atoms with E-state index in [1.807, 2.05) is 43.3 Å². The summed E-state index contributed by atoms with van der Waals surface area (Å²) >= 11 is 0. The molecule has 2 N–H and O–H groups in total. The van der Waals surface area contributed by atoms with Crippen molar-refractivity contribution in [1.29, 1.82) is 0 Å². The third-order valence-corrected chi connectivity index (χ3v) is 5.71. The number of carbonyl (C=O) groups excluding carboxylic acids is 1. The molecule has 29 heavy (non-hydrogen) atoms. The molecule has 0 unspecified atom stereocenters. The second-order valence-corrected chi connectivity index (χ2v) is 7.50. The van der Waals surface area contributed by atoms with Gasteiger partial charge in [0.2, 0.25) is 5.91 Å². The van der Waals surface area contributed by atoms with Crippen LogP contribution in [-0.2, 0) is 10.2 Å². The van der Waals surface area contributed by atoms with Crippen molar-refractivity contribution in [2.45, 2.75) is 44.1 Å². The van der Waals surface area contributed by atoms with Gasteiger partial charge in [0, 0.05) is 18.0 Å². The number of methoxy groups -OCH3 is 1. The molecule has 2 aromatic heterocycles. The number of nitrogens with zero attached hydrogens (tertiary/aromatic N) is 3. The fraction of sp³-hybridized carbons (Fsp3) is 0.364. The third kappa shape index (κ3) is 3.72. The lowest BCUT2D eigenvalue weighted by molar-refractivity contribution is -0.127. The minimum Gasteiger partial charge on any atom is -0.497 e. The molecule has 150 valence electrons. The lowest BCUT2D eigenvalue weighted by Crippen LogP contribution is -2.43. The van der Waals surface area contributed by atoms with Gasteiger partial charge in [-0.25, -0.2) is 4.98 Å². The molecule has 7 heteroatoms. The number of hydrogen-bond acceptors (Lipinski definition) is 5. The molecule has 1 atom stereocenters. The molecule has 0 spiro atoms. The van der Waals surface area contributed by atoms with Crippen LogP contribution in [0, 0.1) is 0 Å². The Morgan fingerprint density at radius 2 is 1.97 bits per heavy atom. The maximum absolute atomic E-state index is 13.4. The predicted molar refractivity (Wildman–Crippen MR) is 109 cm³/mol. The number of nitrogens with one attached hydrogen (secondary N) is 2. The molecule has 1 saturated carbocycles. The minimum absolute atomic E-state index is 0.0343. The van der Waals surface area contributed by atoms with E-state index in [-0.39, 0.29) is 11.9 Å². The SMILES string of the molecule is COc1ccc(C2(C(=O)N[C@H](C)c3nc(-c4cccnc4)n[nH]3)CCCC2)cc1. The van der Waals surface area contributed by atoms with Crippen LogP contribution in [0.1, 0.15) is 50.0 Å². The number of rotatable bonds is 6. The molecule has 0 aliphatic heterocycles. The van der Waals surface area contributed by atoms with E-state index in [0.717, 1.165) is 42.6 Å². The van der Waals surface area contributed by atoms with E-state index >= 15 is 0 Å². The summed E-state index contributed by atoms with van der Waals surface area (Å²) in [7, 11) is 1.64. The molecular weight excluding hydrogens is 366 g/mol. The molecule has 0 bridgehead atoms. The molecule has 1 aliphatic carbocycles. The number of pyridine rings is 1. The minimum atomic E-state index is -0.507. The van der Waals surface area contributed by atoms with E-state index in [0.29, 0.717) is 11.6 Å². The van der Waals surface area contributed by atoms with Gasteiger partial charge in [0.15, 0.2) is 5.82 Å². The van der Waals surface area contributed by atoms with Crippen LogP contribution in [0.3, 0.4) is 0 Å². The van der Waals surface area contributed by atoms with Crippen LogP contribution >= 0.6 is 0 Å². The average Bonchev–Trinajstić information content (AvgIpc) is 3.45. The molecule has 1 aliphatic rings. The van der Waals surface area contributed by atoms with Gasteiger partial charge in [-0.3, -0.25) is 14.9 Å². The highest BCUT2D eigenvalue weighted by atomic mass is 16.5. The zero-order chi connectivity index (χ0) is 20.3. The molecule has 1 amide bonds. The number of aromatic nitrogens is 4. The fourth-order valence-electron chi connectivity index (χ4n) is 4.03. The summed E-state index contributed by atoms with van der Waals surface area (Å²) in [5.74, 6) is 2.02. The number of H-pyrrole nitrogens is 1. The second kappa shape index (κ2) is 8.03. The lowest BCUT2D eigenvalue weighted by atomic mass is 9.77. The van der Waals surface area contributed by atoms with E-state index in [4.69, 9.17) is 4.74 Å². The Balaban J connectivity index is 1.53. The highest BCUT2D eigenvalue weighted by Crippen LogP contribution is 2.42. The van der Waals surface area contributed by atoms with E-state index < -0.39 is 5.41 Å². The molecular formula is C22H25N5O2. The summed E-state index contributed by atoms with van der Waals surface area (Å²) in [6, 6.07) is 11.3. The van der Waals surface area contributed by atoms with Crippen LogP contribution < -0.4 is 10.1 Å². The fourth-order valence-corrected chi connectivity index (χ4v) is 4.03. The Kier molecular flexibility index (Phi) is 5.29. The summed E-state index contributed by atoms with van der Waals surface area (Å²) in [5, 5.41) is 10.4. The van der Waals surface area contributed by atoms with Crippen molar-refractivity contribution in [3.8, 4) is 17.1 Å². The van der Waals surface area contributed by atoms with Crippen molar-refractivity contribution >= 4 is 5.91 Å². The average molecular weight is 391 g/mol. The van der Waals surface area contributed by atoms with Gasteiger partial charge in [0.1, 0.15) is 11.6 Å². The Bertz CT molecular complexity index is 962. The van der Waals surface area contributed by atoms with Gasteiger partial charge >= 0.3 is 0 Å². The molecule has 7 nitrogen and oxygen atoms in total. The summed E-state index contributed by atoms with van der Waals surface area (Å²) in [6.45, 7) is 1.92. The van der Waals surface area contributed by atoms with Gasteiger partial charge in [-0.05, 0) is 49.6 Å². The molecule has 2 heterocycles. The monoisotopic (exact) mass is 391 g/mol. The van der Waals surface area contributed by atoms with Gasteiger partial charge < -0.3 is 10.1 Å². The number of benzene rings is 1. The van der Waals surface area contributed by atoms with Crippen LogP contribution in [0.15, 0.2) is 48.8 Å². The number of carbonyl (C=O) groups is 1. The maximum Gasteiger partial charge on any atom is 0.231 e. The van der Waals surface area contributed by atoms with Crippen LogP contribution in [0.4, 0.5) is 0 Å². The number of amides is 1.